The topological polar surface area (TPSA) is 65.2 Å². The van der Waals surface area contributed by atoms with Crippen molar-refractivity contribution >= 4 is 28.6 Å². The van der Waals surface area contributed by atoms with Crippen LogP contribution in [0.1, 0.15) is 18.2 Å². The van der Waals surface area contributed by atoms with Crippen LogP contribution in [0.3, 0.4) is 0 Å². The smallest absolute Gasteiger partial charge is 0.323 e. The van der Waals surface area contributed by atoms with Gasteiger partial charge in [0.2, 0.25) is 0 Å². The molecule has 0 aliphatic rings. The zero-order valence-electron chi connectivity index (χ0n) is 12.3. The first-order valence-electron chi connectivity index (χ1n) is 6.97. The maximum atomic E-state index is 11.5. The Morgan fingerprint density at radius 1 is 1.43 bits per heavy atom. The molecule has 1 heterocycles. The van der Waals surface area contributed by atoms with E-state index in [9.17, 15) is 4.79 Å². The molecule has 0 fully saturated rings. The summed E-state index contributed by atoms with van der Waals surface area (Å²) in [5.41, 5.74) is 9.03. The number of fused-ring (bicyclic) bond motifs is 1. The quantitative estimate of drug-likeness (QED) is 0.831. The van der Waals surface area contributed by atoms with Gasteiger partial charge in [0, 0.05) is 22.6 Å². The van der Waals surface area contributed by atoms with Crippen LogP contribution in [0.25, 0.3) is 10.9 Å². The van der Waals surface area contributed by atoms with E-state index < -0.39 is 6.04 Å². The van der Waals surface area contributed by atoms with Gasteiger partial charge in [0.05, 0.1) is 12.1 Å². The lowest BCUT2D eigenvalue weighted by Gasteiger charge is -2.11. The van der Waals surface area contributed by atoms with Gasteiger partial charge in [-0.05, 0) is 31.5 Å². The summed E-state index contributed by atoms with van der Waals surface area (Å²) in [6.07, 6.45) is 0. The van der Waals surface area contributed by atoms with Gasteiger partial charge in [-0.3, -0.25) is 9.78 Å². The SMILES string of the molecule is CCOC(=O)C(N)CSCc1cc(C)nc2ccccc12. The molecule has 1 aromatic carbocycles. The first-order chi connectivity index (χ1) is 10.1. The molecular formula is C16H20N2O2S. The minimum absolute atomic E-state index is 0.333. The number of ether oxygens (including phenoxy) is 1. The van der Waals surface area contributed by atoms with Crippen LogP contribution in [0.2, 0.25) is 0 Å². The van der Waals surface area contributed by atoms with Gasteiger partial charge in [-0.15, -0.1) is 0 Å². The van der Waals surface area contributed by atoms with Crippen molar-refractivity contribution in [2.75, 3.05) is 12.4 Å². The lowest BCUT2D eigenvalue weighted by atomic mass is 10.1. The highest BCUT2D eigenvalue weighted by atomic mass is 32.2. The fourth-order valence-corrected chi connectivity index (χ4v) is 3.09. The third-order valence-electron chi connectivity index (χ3n) is 3.07. The van der Waals surface area contributed by atoms with Gasteiger partial charge in [0.25, 0.3) is 0 Å². The third kappa shape index (κ3) is 4.19. The molecule has 0 amide bonds. The molecule has 2 rings (SSSR count). The number of esters is 1. The number of aromatic nitrogens is 1. The Kier molecular flexibility index (Phi) is 5.59. The number of pyridine rings is 1. The Balaban J connectivity index is 2.02. The molecule has 0 radical (unpaired) electrons. The van der Waals surface area contributed by atoms with Gasteiger partial charge in [-0.25, -0.2) is 0 Å². The molecule has 0 aliphatic carbocycles. The fourth-order valence-electron chi connectivity index (χ4n) is 2.13. The van der Waals surface area contributed by atoms with E-state index in [0.29, 0.717) is 12.4 Å². The lowest BCUT2D eigenvalue weighted by molar-refractivity contribution is -0.144. The molecule has 0 spiro atoms. The summed E-state index contributed by atoms with van der Waals surface area (Å²) < 4.78 is 4.91. The lowest BCUT2D eigenvalue weighted by Crippen LogP contribution is -2.34. The standard InChI is InChI=1S/C16H20N2O2S/c1-3-20-16(19)14(17)10-21-9-12-8-11(2)18-15-7-5-4-6-13(12)15/h4-8,14H,3,9-10,17H2,1-2H3. The molecule has 0 saturated heterocycles. The van der Waals surface area contributed by atoms with Crippen LogP contribution in [0.4, 0.5) is 0 Å². The number of benzene rings is 1. The van der Waals surface area contributed by atoms with Crippen LogP contribution in [0.5, 0.6) is 0 Å². The molecule has 4 nitrogen and oxygen atoms in total. The first kappa shape index (κ1) is 15.8. The molecular weight excluding hydrogens is 284 g/mol. The van der Waals surface area contributed by atoms with E-state index in [0.717, 1.165) is 22.3 Å². The molecule has 1 unspecified atom stereocenters. The molecule has 112 valence electrons. The number of carbonyl (C=O) groups is 1. The van der Waals surface area contributed by atoms with Gasteiger partial charge in [-0.1, -0.05) is 18.2 Å². The largest absolute Gasteiger partial charge is 0.465 e. The summed E-state index contributed by atoms with van der Waals surface area (Å²) in [6.45, 7) is 4.14. The number of rotatable bonds is 6. The summed E-state index contributed by atoms with van der Waals surface area (Å²) in [5, 5.41) is 1.15. The number of thioether (sulfide) groups is 1. The van der Waals surface area contributed by atoms with Crippen molar-refractivity contribution in [3.8, 4) is 0 Å². The number of carbonyl (C=O) groups excluding carboxylic acids is 1. The Morgan fingerprint density at radius 3 is 2.95 bits per heavy atom. The van der Waals surface area contributed by atoms with Crippen molar-refractivity contribution in [1.82, 2.24) is 4.98 Å². The van der Waals surface area contributed by atoms with Crippen LogP contribution < -0.4 is 5.73 Å². The molecule has 0 saturated carbocycles. The number of hydrogen-bond acceptors (Lipinski definition) is 5. The van der Waals surface area contributed by atoms with E-state index in [-0.39, 0.29) is 5.97 Å². The van der Waals surface area contributed by atoms with Crippen molar-refractivity contribution in [2.45, 2.75) is 25.6 Å². The number of nitrogens with two attached hydrogens (primary N) is 1. The van der Waals surface area contributed by atoms with Gasteiger partial charge >= 0.3 is 5.97 Å². The Bertz CT molecular complexity index is 631. The van der Waals surface area contributed by atoms with Crippen LogP contribution in [-0.2, 0) is 15.3 Å². The second kappa shape index (κ2) is 7.43. The monoisotopic (exact) mass is 304 g/mol. The molecule has 0 aliphatic heterocycles. The van der Waals surface area contributed by atoms with Crippen molar-refractivity contribution < 1.29 is 9.53 Å². The second-order valence-corrected chi connectivity index (χ2v) is 5.84. The van der Waals surface area contributed by atoms with Crippen LogP contribution in [0.15, 0.2) is 30.3 Å². The summed E-state index contributed by atoms with van der Waals surface area (Å²) in [7, 11) is 0. The number of hydrogen-bond donors (Lipinski definition) is 1. The summed E-state index contributed by atoms with van der Waals surface area (Å²) in [4.78, 5) is 16.0. The molecule has 2 N–H and O–H groups in total. The van der Waals surface area contributed by atoms with Crippen molar-refractivity contribution in [3.63, 3.8) is 0 Å². The molecule has 21 heavy (non-hydrogen) atoms. The average molecular weight is 304 g/mol. The maximum Gasteiger partial charge on any atom is 0.323 e. The first-order valence-corrected chi connectivity index (χ1v) is 8.12. The summed E-state index contributed by atoms with van der Waals surface area (Å²) in [6, 6.07) is 9.61. The van der Waals surface area contributed by atoms with Crippen molar-refractivity contribution in [2.24, 2.45) is 5.73 Å². The predicted molar refractivity (Wildman–Crippen MR) is 87.3 cm³/mol. The maximum absolute atomic E-state index is 11.5. The third-order valence-corrected chi connectivity index (χ3v) is 4.18. The number of para-hydroxylation sites is 1. The normalized spacial score (nSPS) is 12.3. The molecule has 1 atom stereocenters. The van der Waals surface area contributed by atoms with Crippen LogP contribution in [0, 0.1) is 6.92 Å². The predicted octanol–water partition coefficient (Wildman–Crippen LogP) is 2.67. The van der Waals surface area contributed by atoms with Gasteiger partial charge in [0.15, 0.2) is 0 Å². The second-order valence-electron chi connectivity index (χ2n) is 4.81. The highest BCUT2D eigenvalue weighted by Crippen LogP contribution is 2.22. The fraction of sp³-hybridized carbons (Fsp3) is 0.375. The summed E-state index contributed by atoms with van der Waals surface area (Å²) >= 11 is 1.64. The van der Waals surface area contributed by atoms with Crippen LogP contribution >= 0.6 is 11.8 Å². The minimum Gasteiger partial charge on any atom is -0.465 e. The molecule has 0 bridgehead atoms. The molecule has 5 heteroatoms. The molecule has 1 aromatic heterocycles. The van der Waals surface area contributed by atoms with E-state index in [1.54, 1.807) is 18.7 Å². The van der Waals surface area contributed by atoms with E-state index >= 15 is 0 Å². The van der Waals surface area contributed by atoms with Gasteiger partial charge in [0.1, 0.15) is 6.04 Å². The van der Waals surface area contributed by atoms with Crippen molar-refractivity contribution in [1.29, 1.82) is 0 Å². The summed E-state index contributed by atoms with van der Waals surface area (Å²) in [5.74, 6) is 1.02. The van der Waals surface area contributed by atoms with E-state index in [2.05, 4.69) is 17.1 Å². The minimum atomic E-state index is -0.566. The highest BCUT2D eigenvalue weighted by Gasteiger charge is 2.14. The van der Waals surface area contributed by atoms with E-state index in [1.807, 2.05) is 25.1 Å². The Labute approximate surface area is 129 Å². The van der Waals surface area contributed by atoms with E-state index in [4.69, 9.17) is 10.5 Å². The van der Waals surface area contributed by atoms with E-state index in [1.165, 1.54) is 5.56 Å². The zero-order valence-corrected chi connectivity index (χ0v) is 13.2. The Morgan fingerprint density at radius 2 is 2.19 bits per heavy atom. The van der Waals surface area contributed by atoms with Crippen molar-refractivity contribution in [3.05, 3.63) is 41.6 Å². The Hall–Kier alpha value is -1.59. The van der Waals surface area contributed by atoms with Gasteiger partial charge in [-0.2, -0.15) is 11.8 Å². The number of nitrogens with zero attached hydrogens (tertiary/aromatic N) is 1. The van der Waals surface area contributed by atoms with Crippen LogP contribution in [-0.4, -0.2) is 29.4 Å². The number of aryl methyl sites for hydroxylation is 1. The average Bonchev–Trinajstić information content (AvgIpc) is 2.47. The van der Waals surface area contributed by atoms with Gasteiger partial charge < -0.3 is 10.5 Å². The highest BCUT2D eigenvalue weighted by molar-refractivity contribution is 7.98. The zero-order chi connectivity index (χ0) is 15.2. The molecule has 2 aromatic rings.